The summed E-state index contributed by atoms with van der Waals surface area (Å²) in [7, 11) is 1.91. The second kappa shape index (κ2) is 4.85. The van der Waals surface area contributed by atoms with Crippen LogP contribution in [0.5, 0.6) is 0 Å². The van der Waals surface area contributed by atoms with Crippen molar-refractivity contribution >= 4 is 0 Å². The van der Waals surface area contributed by atoms with Crippen LogP contribution in [0.4, 0.5) is 0 Å². The van der Waals surface area contributed by atoms with E-state index in [-0.39, 0.29) is 6.04 Å². The van der Waals surface area contributed by atoms with Crippen LogP contribution in [0.3, 0.4) is 0 Å². The maximum Gasteiger partial charge on any atom is 0.115 e. The van der Waals surface area contributed by atoms with Crippen molar-refractivity contribution < 1.29 is 0 Å². The molecule has 1 atom stereocenters. The predicted molar refractivity (Wildman–Crippen MR) is 60.5 cm³/mol. The van der Waals surface area contributed by atoms with Crippen LogP contribution in [0.1, 0.15) is 23.6 Å². The first-order valence-electron chi connectivity index (χ1n) is 5.23. The fourth-order valence-corrected chi connectivity index (χ4v) is 1.59. The van der Waals surface area contributed by atoms with Crippen LogP contribution in [0.2, 0.25) is 0 Å². The smallest absolute Gasteiger partial charge is 0.115 e. The highest BCUT2D eigenvalue weighted by Gasteiger charge is 2.07. The summed E-state index contributed by atoms with van der Waals surface area (Å²) in [6.45, 7) is 0. The highest BCUT2D eigenvalue weighted by atomic mass is 15.2. The maximum absolute atomic E-state index is 6.04. The number of rotatable bonds is 4. The Bertz CT molecular complexity index is 437. The lowest BCUT2D eigenvalue weighted by Gasteiger charge is -2.09. The van der Waals surface area contributed by atoms with Gasteiger partial charge in [-0.1, -0.05) is 0 Å². The predicted octanol–water partition coefficient (Wildman–Crippen LogP) is 0.843. The van der Waals surface area contributed by atoms with Crippen molar-refractivity contribution in [1.82, 2.24) is 19.7 Å². The molecule has 0 amide bonds. The van der Waals surface area contributed by atoms with E-state index in [4.69, 9.17) is 5.73 Å². The summed E-state index contributed by atoms with van der Waals surface area (Å²) in [5, 5.41) is 4.12. The highest BCUT2D eigenvalue weighted by molar-refractivity contribution is 5.10. The summed E-state index contributed by atoms with van der Waals surface area (Å²) >= 11 is 0. The molecule has 16 heavy (non-hydrogen) atoms. The second-order valence-corrected chi connectivity index (χ2v) is 3.84. The van der Waals surface area contributed by atoms with Gasteiger partial charge in [0.1, 0.15) is 6.33 Å². The third-order valence-electron chi connectivity index (χ3n) is 2.51. The minimum atomic E-state index is -0.0126. The molecule has 0 aliphatic heterocycles. The Morgan fingerprint density at radius 2 is 2.06 bits per heavy atom. The van der Waals surface area contributed by atoms with Crippen LogP contribution < -0.4 is 5.73 Å². The number of nitrogens with zero attached hydrogens (tertiary/aromatic N) is 4. The first-order chi connectivity index (χ1) is 7.75. The molecule has 0 fully saturated rings. The summed E-state index contributed by atoms with van der Waals surface area (Å²) in [6, 6.07) is -0.0126. The van der Waals surface area contributed by atoms with E-state index in [1.54, 1.807) is 17.1 Å². The van der Waals surface area contributed by atoms with Crippen molar-refractivity contribution in [3.63, 3.8) is 0 Å². The quantitative estimate of drug-likeness (QED) is 0.824. The van der Waals surface area contributed by atoms with Crippen molar-refractivity contribution in [2.24, 2.45) is 12.8 Å². The molecule has 0 spiro atoms. The van der Waals surface area contributed by atoms with Gasteiger partial charge in [0.2, 0.25) is 0 Å². The summed E-state index contributed by atoms with van der Waals surface area (Å²) in [4.78, 5) is 7.91. The van der Waals surface area contributed by atoms with Crippen LogP contribution in [0, 0.1) is 0 Å². The zero-order valence-electron chi connectivity index (χ0n) is 9.24. The SMILES string of the molecule is Cn1cc(CCC(N)c2cncnc2)cn1. The molecule has 2 N–H and O–H groups in total. The number of nitrogens with two attached hydrogens (primary N) is 1. The molecule has 0 radical (unpaired) electrons. The van der Waals surface area contributed by atoms with Gasteiger partial charge in [0.25, 0.3) is 0 Å². The van der Waals surface area contributed by atoms with Gasteiger partial charge in [-0.05, 0) is 18.4 Å². The van der Waals surface area contributed by atoms with E-state index in [9.17, 15) is 0 Å². The number of aryl methyl sites for hydroxylation is 2. The Hall–Kier alpha value is -1.75. The molecule has 0 aliphatic rings. The molecular weight excluding hydrogens is 202 g/mol. The van der Waals surface area contributed by atoms with E-state index < -0.39 is 0 Å². The molecular formula is C11H15N5. The number of hydrogen-bond donors (Lipinski definition) is 1. The van der Waals surface area contributed by atoms with E-state index in [0.717, 1.165) is 18.4 Å². The Labute approximate surface area is 94.3 Å². The third-order valence-corrected chi connectivity index (χ3v) is 2.51. The Morgan fingerprint density at radius 1 is 1.31 bits per heavy atom. The van der Waals surface area contributed by atoms with E-state index in [2.05, 4.69) is 15.1 Å². The van der Waals surface area contributed by atoms with Gasteiger partial charge in [-0.15, -0.1) is 0 Å². The fraction of sp³-hybridized carbons (Fsp3) is 0.364. The number of hydrogen-bond acceptors (Lipinski definition) is 4. The van der Waals surface area contributed by atoms with Gasteiger partial charge in [0.15, 0.2) is 0 Å². The topological polar surface area (TPSA) is 69.6 Å². The molecule has 5 nitrogen and oxygen atoms in total. The van der Waals surface area contributed by atoms with E-state index >= 15 is 0 Å². The van der Waals surface area contributed by atoms with Crippen LogP contribution in [-0.2, 0) is 13.5 Å². The zero-order valence-corrected chi connectivity index (χ0v) is 9.24. The van der Waals surface area contributed by atoms with Gasteiger partial charge in [0.05, 0.1) is 6.20 Å². The average molecular weight is 217 g/mol. The van der Waals surface area contributed by atoms with Crippen molar-refractivity contribution in [1.29, 1.82) is 0 Å². The molecule has 0 bridgehead atoms. The average Bonchev–Trinajstić information content (AvgIpc) is 2.73. The summed E-state index contributed by atoms with van der Waals surface area (Å²) in [5.74, 6) is 0. The molecule has 2 heterocycles. The molecule has 84 valence electrons. The van der Waals surface area contributed by atoms with Crippen LogP contribution >= 0.6 is 0 Å². The Morgan fingerprint density at radius 3 is 2.69 bits per heavy atom. The molecule has 0 aromatic carbocycles. The second-order valence-electron chi connectivity index (χ2n) is 3.84. The van der Waals surface area contributed by atoms with Crippen LogP contribution in [0.15, 0.2) is 31.1 Å². The Kier molecular flexibility index (Phi) is 3.26. The molecule has 5 heteroatoms. The maximum atomic E-state index is 6.04. The van der Waals surface area contributed by atoms with Crippen LogP contribution in [0.25, 0.3) is 0 Å². The fourth-order valence-electron chi connectivity index (χ4n) is 1.59. The Balaban J connectivity index is 1.91. The minimum Gasteiger partial charge on any atom is -0.324 e. The lowest BCUT2D eigenvalue weighted by atomic mass is 10.0. The summed E-state index contributed by atoms with van der Waals surface area (Å²) < 4.78 is 1.80. The lowest BCUT2D eigenvalue weighted by Crippen LogP contribution is -2.11. The zero-order chi connectivity index (χ0) is 11.4. The monoisotopic (exact) mass is 217 g/mol. The largest absolute Gasteiger partial charge is 0.324 e. The van der Waals surface area contributed by atoms with Gasteiger partial charge in [0, 0.05) is 37.2 Å². The van der Waals surface area contributed by atoms with Crippen molar-refractivity contribution in [3.05, 3.63) is 42.2 Å². The minimum absolute atomic E-state index is 0.0126. The molecule has 0 aliphatic carbocycles. The third kappa shape index (κ3) is 2.64. The van der Waals surface area contributed by atoms with E-state index in [1.165, 1.54) is 11.9 Å². The van der Waals surface area contributed by atoms with Crippen molar-refractivity contribution in [2.45, 2.75) is 18.9 Å². The lowest BCUT2D eigenvalue weighted by molar-refractivity contribution is 0.645. The molecule has 0 saturated carbocycles. The van der Waals surface area contributed by atoms with E-state index in [0.29, 0.717) is 0 Å². The summed E-state index contributed by atoms with van der Waals surface area (Å²) in [5.41, 5.74) is 8.22. The molecule has 0 saturated heterocycles. The standard InChI is InChI=1S/C11H15N5/c1-16-7-9(4-15-16)2-3-11(12)10-5-13-8-14-6-10/h4-8,11H,2-3,12H2,1H3. The van der Waals surface area contributed by atoms with Gasteiger partial charge in [-0.3, -0.25) is 4.68 Å². The first-order valence-corrected chi connectivity index (χ1v) is 5.23. The molecule has 1 unspecified atom stereocenters. The number of aromatic nitrogens is 4. The van der Waals surface area contributed by atoms with Crippen molar-refractivity contribution in [3.8, 4) is 0 Å². The van der Waals surface area contributed by atoms with Crippen LogP contribution in [-0.4, -0.2) is 19.7 Å². The highest BCUT2D eigenvalue weighted by Crippen LogP contribution is 2.14. The summed E-state index contributed by atoms with van der Waals surface area (Å²) in [6.07, 6.45) is 10.7. The van der Waals surface area contributed by atoms with E-state index in [1.807, 2.05) is 19.4 Å². The van der Waals surface area contributed by atoms with Gasteiger partial charge in [-0.2, -0.15) is 5.10 Å². The first kappa shape index (κ1) is 10.8. The normalized spacial score (nSPS) is 12.6. The van der Waals surface area contributed by atoms with Gasteiger partial charge in [-0.25, -0.2) is 9.97 Å². The van der Waals surface area contributed by atoms with Gasteiger partial charge >= 0.3 is 0 Å². The molecule has 2 aromatic rings. The molecule has 2 aromatic heterocycles. The van der Waals surface area contributed by atoms with Gasteiger partial charge < -0.3 is 5.73 Å². The molecule has 2 rings (SSSR count). The van der Waals surface area contributed by atoms with Crippen molar-refractivity contribution in [2.75, 3.05) is 0 Å².